The van der Waals surface area contributed by atoms with E-state index in [4.69, 9.17) is 4.74 Å². The molecule has 0 aliphatic carbocycles. The van der Waals surface area contributed by atoms with Crippen LogP contribution in [0.1, 0.15) is 26.2 Å². The largest absolute Gasteiger partial charge is 0.381 e. The van der Waals surface area contributed by atoms with E-state index in [0.717, 1.165) is 32.8 Å². The molecule has 2 saturated heterocycles. The highest BCUT2D eigenvalue weighted by Gasteiger charge is 2.17. The predicted molar refractivity (Wildman–Crippen MR) is 70.4 cm³/mol. The maximum absolute atomic E-state index is 5.37. The minimum Gasteiger partial charge on any atom is -0.381 e. The molecule has 0 spiro atoms. The van der Waals surface area contributed by atoms with Gasteiger partial charge in [-0.05, 0) is 32.7 Å². The summed E-state index contributed by atoms with van der Waals surface area (Å²) in [5.41, 5.74) is 0. The number of ether oxygens (including phenoxy) is 1. The number of piperazine rings is 1. The van der Waals surface area contributed by atoms with Gasteiger partial charge < -0.3 is 15.4 Å². The van der Waals surface area contributed by atoms with Crippen LogP contribution in [0.25, 0.3) is 0 Å². The third-order valence-electron chi connectivity index (χ3n) is 3.99. The van der Waals surface area contributed by atoms with Gasteiger partial charge in [-0.3, -0.25) is 4.90 Å². The molecular formula is C13H27N3O. The summed E-state index contributed by atoms with van der Waals surface area (Å²) in [6.45, 7) is 10.1. The molecule has 4 heteroatoms. The van der Waals surface area contributed by atoms with E-state index in [1.807, 2.05) is 0 Å². The van der Waals surface area contributed by atoms with Crippen LogP contribution in [0.2, 0.25) is 0 Å². The van der Waals surface area contributed by atoms with Crippen LogP contribution in [-0.4, -0.2) is 62.9 Å². The van der Waals surface area contributed by atoms with Crippen molar-refractivity contribution >= 4 is 0 Å². The molecule has 1 atom stereocenters. The SMILES string of the molecule is CC(CCNC1CCOCC1)N1CCNCC1. The average molecular weight is 241 g/mol. The van der Waals surface area contributed by atoms with Gasteiger partial charge in [-0.2, -0.15) is 0 Å². The number of hydrogen-bond acceptors (Lipinski definition) is 4. The van der Waals surface area contributed by atoms with Crippen LogP contribution in [0, 0.1) is 0 Å². The van der Waals surface area contributed by atoms with E-state index in [-0.39, 0.29) is 0 Å². The Morgan fingerprint density at radius 1 is 1.29 bits per heavy atom. The van der Waals surface area contributed by atoms with Crippen LogP contribution in [-0.2, 0) is 4.74 Å². The van der Waals surface area contributed by atoms with E-state index in [9.17, 15) is 0 Å². The van der Waals surface area contributed by atoms with Gasteiger partial charge in [-0.1, -0.05) is 0 Å². The Hall–Kier alpha value is -0.160. The van der Waals surface area contributed by atoms with Crippen molar-refractivity contribution in [2.75, 3.05) is 45.9 Å². The van der Waals surface area contributed by atoms with Gasteiger partial charge in [-0.25, -0.2) is 0 Å². The van der Waals surface area contributed by atoms with Crippen LogP contribution in [0.5, 0.6) is 0 Å². The summed E-state index contributed by atoms with van der Waals surface area (Å²) in [5.74, 6) is 0. The zero-order valence-corrected chi connectivity index (χ0v) is 11.1. The molecular weight excluding hydrogens is 214 g/mol. The summed E-state index contributed by atoms with van der Waals surface area (Å²) in [5, 5.41) is 7.08. The van der Waals surface area contributed by atoms with Crippen molar-refractivity contribution in [2.45, 2.75) is 38.3 Å². The fraction of sp³-hybridized carbons (Fsp3) is 1.00. The Bertz CT molecular complexity index is 201. The Morgan fingerprint density at radius 2 is 2.00 bits per heavy atom. The van der Waals surface area contributed by atoms with E-state index in [1.165, 1.54) is 32.4 Å². The summed E-state index contributed by atoms with van der Waals surface area (Å²) in [6, 6.07) is 1.41. The quantitative estimate of drug-likeness (QED) is 0.732. The lowest BCUT2D eigenvalue weighted by Gasteiger charge is -2.33. The highest BCUT2D eigenvalue weighted by atomic mass is 16.5. The topological polar surface area (TPSA) is 36.5 Å². The second kappa shape index (κ2) is 7.31. The Morgan fingerprint density at radius 3 is 2.71 bits per heavy atom. The van der Waals surface area contributed by atoms with Crippen molar-refractivity contribution in [1.82, 2.24) is 15.5 Å². The molecule has 0 aromatic rings. The van der Waals surface area contributed by atoms with E-state index in [0.29, 0.717) is 12.1 Å². The van der Waals surface area contributed by atoms with Crippen molar-refractivity contribution in [2.24, 2.45) is 0 Å². The Kier molecular flexibility index (Phi) is 5.71. The van der Waals surface area contributed by atoms with E-state index >= 15 is 0 Å². The monoisotopic (exact) mass is 241 g/mol. The van der Waals surface area contributed by atoms with Gasteiger partial charge in [-0.15, -0.1) is 0 Å². The number of hydrogen-bond donors (Lipinski definition) is 2. The average Bonchev–Trinajstić information content (AvgIpc) is 2.41. The van der Waals surface area contributed by atoms with Crippen molar-refractivity contribution in [3.05, 3.63) is 0 Å². The predicted octanol–water partition coefficient (Wildman–Crippen LogP) is 0.439. The fourth-order valence-electron chi connectivity index (χ4n) is 2.70. The first-order valence-corrected chi connectivity index (χ1v) is 7.12. The standard InChI is InChI=1S/C13H27N3O/c1-12(16-8-6-14-7-9-16)2-5-15-13-3-10-17-11-4-13/h12-15H,2-11H2,1H3. The third kappa shape index (κ3) is 4.54. The van der Waals surface area contributed by atoms with E-state index in [2.05, 4.69) is 22.5 Å². The van der Waals surface area contributed by atoms with Gasteiger partial charge in [0, 0.05) is 51.5 Å². The lowest BCUT2D eigenvalue weighted by molar-refractivity contribution is 0.0770. The summed E-state index contributed by atoms with van der Waals surface area (Å²) in [6.07, 6.45) is 3.63. The lowest BCUT2D eigenvalue weighted by atomic mass is 10.1. The third-order valence-corrected chi connectivity index (χ3v) is 3.99. The van der Waals surface area contributed by atoms with Gasteiger partial charge in [0.2, 0.25) is 0 Å². The van der Waals surface area contributed by atoms with Gasteiger partial charge in [0.1, 0.15) is 0 Å². The molecule has 0 radical (unpaired) electrons. The van der Waals surface area contributed by atoms with Crippen molar-refractivity contribution in [3.63, 3.8) is 0 Å². The molecule has 2 aliphatic rings. The molecule has 0 amide bonds. The van der Waals surface area contributed by atoms with Crippen molar-refractivity contribution in [1.29, 1.82) is 0 Å². The molecule has 1 unspecified atom stereocenters. The van der Waals surface area contributed by atoms with Crippen LogP contribution in [0.4, 0.5) is 0 Å². The van der Waals surface area contributed by atoms with Gasteiger partial charge in [0.25, 0.3) is 0 Å². The van der Waals surface area contributed by atoms with Crippen LogP contribution >= 0.6 is 0 Å². The first kappa shape index (κ1) is 13.3. The van der Waals surface area contributed by atoms with Gasteiger partial charge in [0.05, 0.1) is 0 Å². The molecule has 2 N–H and O–H groups in total. The summed E-state index contributed by atoms with van der Waals surface area (Å²) in [4.78, 5) is 2.60. The van der Waals surface area contributed by atoms with Crippen LogP contribution < -0.4 is 10.6 Å². The van der Waals surface area contributed by atoms with Crippen LogP contribution in [0.15, 0.2) is 0 Å². The van der Waals surface area contributed by atoms with Crippen molar-refractivity contribution in [3.8, 4) is 0 Å². The molecule has 0 bridgehead atoms. The minimum atomic E-state index is 0.693. The summed E-state index contributed by atoms with van der Waals surface area (Å²) in [7, 11) is 0. The number of nitrogens with zero attached hydrogens (tertiary/aromatic N) is 1. The second-order valence-electron chi connectivity index (χ2n) is 5.26. The minimum absolute atomic E-state index is 0.693. The maximum Gasteiger partial charge on any atom is 0.0480 e. The maximum atomic E-state index is 5.37. The molecule has 0 aromatic heterocycles. The van der Waals surface area contributed by atoms with E-state index in [1.54, 1.807) is 0 Å². The molecule has 2 heterocycles. The number of rotatable bonds is 5. The zero-order valence-electron chi connectivity index (χ0n) is 11.1. The lowest BCUT2D eigenvalue weighted by Crippen LogP contribution is -2.48. The molecule has 4 nitrogen and oxygen atoms in total. The smallest absolute Gasteiger partial charge is 0.0480 e. The van der Waals surface area contributed by atoms with Gasteiger partial charge >= 0.3 is 0 Å². The highest BCUT2D eigenvalue weighted by molar-refractivity contribution is 4.76. The first-order chi connectivity index (χ1) is 8.36. The second-order valence-corrected chi connectivity index (χ2v) is 5.26. The Balaban J connectivity index is 1.57. The van der Waals surface area contributed by atoms with Crippen LogP contribution in [0.3, 0.4) is 0 Å². The highest BCUT2D eigenvalue weighted by Crippen LogP contribution is 2.08. The molecule has 2 rings (SSSR count). The molecule has 2 fully saturated rings. The van der Waals surface area contributed by atoms with Crippen molar-refractivity contribution < 1.29 is 4.74 Å². The number of nitrogens with one attached hydrogen (secondary N) is 2. The normalized spacial score (nSPS) is 25.9. The molecule has 0 aromatic carbocycles. The Labute approximate surface area is 105 Å². The summed E-state index contributed by atoms with van der Waals surface area (Å²) < 4.78 is 5.37. The van der Waals surface area contributed by atoms with E-state index < -0.39 is 0 Å². The molecule has 2 aliphatic heterocycles. The van der Waals surface area contributed by atoms with Gasteiger partial charge in [0.15, 0.2) is 0 Å². The first-order valence-electron chi connectivity index (χ1n) is 7.12. The fourth-order valence-corrected chi connectivity index (χ4v) is 2.70. The molecule has 0 saturated carbocycles. The zero-order chi connectivity index (χ0) is 11.9. The molecule has 100 valence electrons. The molecule has 17 heavy (non-hydrogen) atoms. The summed E-state index contributed by atoms with van der Waals surface area (Å²) >= 11 is 0.